The largest absolute Gasteiger partial charge is 0.309 e. The topological polar surface area (TPSA) is 35.6 Å². The molecule has 0 unspecified atom stereocenters. The number of hydrogen-bond acceptors (Lipinski definition) is 2. The fourth-order valence-corrected chi connectivity index (χ4v) is 8.01. The van der Waals surface area contributed by atoms with E-state index in [1.165, 1.54) is 54.7 Å². The molecule has 0 amide bonds. The lowest BCUT2D eigenvalue weighted by Gasteiger charge is -2.14. The average Bonchev–Trinajstić information content (AvgIpc) is 3.72. The molecular weight excluding hydrogens is 633 g/mol. The van der Waals surface area contributed by atoms with E-state index in [0.29, 0.717) is 0 Å². The van der Waals surface area contributed by atoms with Crippen molar-refractivity contribution >= 4 is 43.6 Å². The standard InChI is InChI=1S/C48H34N4/c1-31-19-21-37(51-45-15-7-3-11-39(45)40-12-4-8-16-46(40)51)25-43(31)35-23-33(27-49-29-35)34-24-36(30-50-28-34)44-26-38(22-20-32(44)2)52-47-17-9-5-13-41(47)42-14-6-10-18-48(42)52/h3-30H,1-2H3. The van der Waals surface area contributed by atoms with E-state index in [4.69, 9.17) is 9.97 Å². The summed E-state index contributed by atoms with van der Waals surface area (Å²) in [5.41, 5.74) is 16.0. The summed E-state index contributed by atoms with van der Waals surface area (Å²) in [7, 11) is 0. The predicted molar refractivity (Wildman–Crippen MR) is 216 cm³/mol. The van der Waals surface area contributed by atoms with Gasteiger partial charge in [0, 0.05) is 80.0 Å². The molecule has 0 saturated heterocycles. The smallest absolute Gasteiger partial charge is 0.0541 e. The van der Waals surface area contributed by atoms with Gasteiger partial charge in [-0.2, -0.15) is 0 Å². The van der Waals surface area contributed by atoms with Crippen molar-refractivity contribution in [2.45, 2.75) is 13.8 Å². The number of para-hydroxylation sites is 4. The molecule has 0 bridgehead atoms. The number of hydrogen-bond donors (Lipinski definition) is 0. The van der Waals surface area contributed by atoms with Crippen molar-refractivity contribution in [3.63, 3.8) is 0 Å². The number of aromatic nitrogens is 4. The van der Waals surface area contributed by atoms with Crippen LogP contribution >= 0.6 is 0 Å². The monoisotopic (exact) mass is 666 g/mol. The van der Waals surface area contributed by atoms with E-state index in [1.807, 2.05) is 24.8 Å². The Hall–Kier alpha value is -6.78. The van der Waals surface area contributed by atoms with Gasteiger partial charge in [0.1, 0.15) is 0 Å². The van der Waals surface area contributed by atoms with E-state index in [2.05, 4.69) is 169 Å². The Bertz CT molecular complexity index is 2690. The first kappa shape index (κ1) is 30.1. The van der Waals surface area contributed by atoms with Crippen molar-refractivity contribution in [2.75, 3.05) is 0 Å². The Balaban J connectivity index is 1.05. The van der Waals surface area contributed by atoms with Crippen LogP contribution in [0, 0.1) is 13.8 Å². The molecule has 4 heterocycles. The molecule has 0 fully saturated rings. The molecule has 0 saturated carbocycles. The Labute approximate surface area is 301 Å². The third-order valence-electron chi connectivity index (χ3n) is 10.6. The number of pyridine rings is 2. The van der Waals surface area contributed by atoms with Gasteiger partial charge in [-0.05, 0) is 96.8 Å². The zero-order chi connectivity index (χ0) is 34.8. The van der Waals surface area contributed by atoms with Crippen LogP contribution in [0.3, 0.4) is 0 Å². The Morgan fingerprint density at radius 3 is 1.04 bits per heavy atom. The molecule has 52 heavy (non-hydrogen) atoms. The Morgan fingerprint density at radius 1 is 0.346 bits per heavy atom. The van der Waals surface area contributed by atoms with Crippen LogP contribution < -0.4 is 0 Å². The van der Waals surface area contributed by atoms with E-state index >= 15 is 0 Å². The fourth-order valence-electron chi connectivity index (χ4n) is 8.01. The lowest BCUT2D eigenvalue weighted by molar-refractivity contribution is 1.17. The third-order valence-corrected chi connectivity index (χ3v) is 10.6. The van der Waals surface area contributed by atoms with Crippen molar-refractivity contribution in [3.05, 3.63) is 182 Å². The van der Waals surface area contributed by atoms with Crippen LogP contribution in [0.25, 0.3) is 88.4 Å². The molecule has 246 valence electrons. The summed E-state index contributed by atoms with van der Waals surface area (Å²) in [6.45, 7) is 4.35. The summed E-state index contributed by atoms with van der Waals surface area (Å²) >= 11 is 0. The van der Waals surface area contributed by atoms with Crippen molar-refractivity contribution in [1.82, 2.24) is 19.1 Å². The van der Waals surface area contributed by atoms with Gasteiger partial charge in [0.25, 0.3) is 0 Å². The van der Waals surface area contributed by atoms with Gasteiger partial charge in [0.05, 0.1) is 22.1 Å². The summed E-state index contributed by atoms with van der Waals surface area (Å²) in [6.07, 6.45) is 7.83. The van der Waals surface area contributed by atoms with E-state index < -0.39 is 0 Å². The lowest BCUT2D eigenvalue weighted by atomic mass is 9.96. The number of rotatable bonds is 5. The molecule has 0 aliphatic carbocycles. The van der Waals surface area contributed by atoms with Gasteiger partial charge in [-0.3, -0.25) is 9.97 Å². The highest BCUT2D eigenvalue weighted by Crippen LogP contribution is 2.37. The number of aryl methyl sites for hydroxylation is 2. The molecule has 4 aromatic heterocycles. The highest BCUT2D eigenvalue weighted by atomic mass is 15.0. The van der Waals surface area contributed by atoms with E-state index in [9.17, 15) is 0 Å². The van der Waals surface area contributed by atoms with Crippen LogP contribution in [0.2, 0.25) is 0 Å². The van der Waals surface area contributed by atoms with Gasteiger partial charge in [0.15, 0.2) is 0 Å². The third kappa shape index (κ3) is 4.76. The van der Waals surface area contributed by atoms with Gasteiger partial charge in [-0.15, -0.1) is 0 Å². The summed E-state index contributed by atoms with van der Waals surface area (Å²) in [5, 5.41) is 5.03. The second kappa shape index (κ2) is 11.9. The van der Waals surface area contributed by atoms with Gasteiger partial charge in [-0.25, -0.2) is 0 Å². The van der Waals surface area contributed by atoms with E-state index in [0.717, 1.165) is 44.8 Å². The van der Waals surface area contributed by atoms with Gasteiger partial charge in [-0.1, -0.05) is 84.9 Å². The Kier molecular flexibility index (Phi) is 6.90. The minimum Gasteiger partial charge on any atom is -0.309 e. The fraction of sp³-hybridized carbons (Fsp3) is 0.0417. The van der Waals surface area contributed by atoms with Crippen LogP contribution in [0.15, 0.2) is 170 Å². The molecule has 4 heteroatoms. The van der Waals surface area contributed by atoms with Crippen molar-refractivity contribution in [3.8, 4) is 44.8 Å². The Morgan fingerprint density at radius 2 is 0.673 bits per heavy atom. The van der Waals surface area contributed by atoms with Crippen LogP contribution in [0.5, 0.6) is 0 Å². The molecule has 6 aromatic carbocycles. The SMILES string of the molecule is Cc1ccc(-n2c3ccccc3c3ccccc32)cc1-c1cncc(-c2cncc(-c3cc(-n4c5ccccc5c5ccccc54)ccc3C)c2)c1. The molecule has 0 radical (unpaired) electrons. The van der Waals surface area contributed by atoms with Crippen LogP contribution in [-0.2, 0) is 0 Å². The van der Waals surface area contributed by atoms with E-state index in [-0.39, 0.29) is 0 Å². The quantitative estimate of drug-likeness (QED) is 0.183. The van der Waals surface area contributed by atoms with Gasteiger partial charge < -0.3 is 9.13 Å². The first-order chi connectivity index (χ1) is 25.6. The zero-order valence-corrected chi connectivity index (χ0v) is 29.0. The molecule has 0 N–H and O–H groups in total. The van der Waals surface area contributed by atoms with Crippen molar-refractivity contribution < 1.29 is 0 Å². The van der Waals surface area contributed by atoms with Crippen molar-refractivity contribution in [1.29, 1.82) is 0 Å². The van der Waals surface area contributed by atoms with Crippen LogP contribution in [-0.4, -0.2) is 19.1 Å². The molecule has 0 spiro atoms. The average molecular weight is 667 g/mol. The van der Waals surface area contributed by atoms with Crippen LogP contribution in [0.1, 0.15) is 11.1 Å². The molecular formula is C48H34N4. The first-order valence-electron chi connectivity index (χ1n) is 17.7. The molecule has 10 aromatic rings. The second-order valence-electron chi connectivity index (χ2n) is 13.7. The molecule has 10 rings (SSSR count). The summed E-state index contributed by atoms with van der Waals surface area (Å²) in [4.78, 5) is 9.52. The van der Waals surface area contributed by atoms with Gasteiger partial charge in [0.2, 0.25) is 0 Å². The highest BCUT2D eigenvalue weighted by molar-refractivity contribution is 6.10. The maximum atomic E-state index is 4.76. The molecule has 0 aliphatic heterocycles. The number of benzene rings is 6. The summed E-state index contributed by atoms with van der Waals surface area (Å²) < 4.78 is 4.74. The minimum absolute atomic E-state index is 1.03. The predicted octanol–water partition coefficient (Wildman–Crippen LogP) is 12.3. The summed E-state index contributed by atoms with van der Waals surface area (Å²) in [5.74, 6) is 0. The zero-order valence-electron chi connectivity index (χ0n) is 29.0. The number of nitrogens with zero attached hydrogens (tertiary/aromatic N) is 4. The molecule has 4 nitrogen and oxygen atoms in total. The minimum atomic E-state index is 1.03. The second-order valence-corrected chi connectivity index (χ2v) is 13.7. The van der Waals surface area contributed by atoms with E-state index in [1.54, 1.807) is 0 Å². The number of fused-ring (bicyclic) bond motifs is 6. The van der Waals surface area contributed by atoms with Crippen LogP contribution in [0.4, 0.5) is 0 Å². The lowest BCUT2D eigenvalue weighted by Crippen LogP contribution is -1.96. The molecule has 0 aliphatic rings. The molecule has 0 atom stereocenters. The maximum Gasteiger partial charge on any atom is 0.0541 e. The highest BCUT2D eigenvalue weighted by Gasteiger charge is 2.16. The normalized spacial score (nSPS) is 11.7. The first-order valence-corrected chi connectivity index (χ1v) is 17.7. The maximum absolute atomic E-state index is 4.76. The van der Waals surface area contributed by atoms with Gasteiger partial charge >= 0.3 is 0 Å². The van der Waals surface area contributed by atoms with Crippen molar-refractivity contribution in [2.24, 2.45) is 0 Å². The summed E-state index contributed by atoms with van der Waals surface area (Å²) in [6, 6.07) is 52.5.